The molecule has 0 saturated carbocycles. The number of esters is 1. The van der Waals surface area contributed by atoms with E-state index in [0.29, 0.717) is 12.2 Å². The summed E-state index contributed by atoms with van der Waals surface area (Å²) in [6, 6.07) is 8.80. The number of carbonyl (C=O) groups is 1. The molecule has 2 rings (SSSR count). The molecule has 144 valence electrons. The number of hydrogen-bond donors (Lipinski definition) is 0. The van der Waals surface area contributed by atoms with Crippen molar-refractivity contribution in [1.29, 1.82) is 0 Å². The van der Waals surface area contributed by atoms with Gasteiger partial charge in [0, 0.05) is 6.07 Å². The first-order valence-electron chi connectivity index (χ1n) is 9.24. The average molecular weight is 370 g/mol. The van der Waals surface area contributed by atoms with Gasteiger partial charge in [0.15, 0.2) is 0 Å². The van der Waals surface area contributed by atoms with Crippen LogP contribution in [-0.2, 0) is 4.79 Å². The summed E-state index contributed by atoms with van der Waals surface area (Å²) in [4.78, 5) is 24.4. The van der Waals surface area contributed by atoms with Gasteiger partial charge in [0.05, 0.1) is 13.0 Å². The van der Waals surface area contributed by atoms with Gasteiger partial charge in [-0.2, -0.15) is 0 Å². The first-order chi connectivity index (χ1) is 13.1. The van der Waals surface area contributed by atoms with Gasteiger partial charge in [-0.25, -0.2) is 0 Å². The molecule has 0 fully saturated rings. The van der Waals surface area contributed by atoms with Crippen LogP contribution in [0.15, 0.2) is 45.8 Å². The second kappa shape index (κ2) is 10.4. The maximum atomic E-state index is 12.2. The zero-order valence-electron chi connectivity index (χ0n) is 16.1. The Morgan fingerprint density at radius 3 is 2.52 bits per heavy atom. The van der Waals surface area contributed by atoms with Crippen molar-refractivity contribution < 1.29 is 18.7 Å². The summed E-state index contributed by atoms with van der Waals surface area (Å²) >= 11 is 0. The second-order valence-corrected chi connectivity index (χ2v) is 6.29. The molecule has 5 nitrogen and oxygen atoms in total. The highest BCUT2D eigenvalue weighted by Crippen LogP contribution is 2.17. The highest BCUT2D eigenvalue weighted by atomic mass is 16.5. The van der Waals surface area contributed by atoms with Crippen LogP contribution in [0.25, 0.3) is 12.2 Å². The molecule has 0 aliphatic carbocycles. The van der Waals surface area contributed by atoms with Gasteiger partial charge in [0.25, 0.3) is 0 Å². The normalized spacial score (nSPS) is 12.1. The maximum absolute atomic E-state index is 12.2. The summed E-state index contributed by atoms with van der Waals surface area (Å²) in [5.41, 5.74) is 0.560. The summed E-state index contributed by atoms with van der Waals surface area (Å²) in [5.74, 6) is 0.512. The Morgan fingerprint density at radius 2 is 1.93 bits per heavy atom. The number of unbranched alkanes of at least 4 members (excludes halogenated alkanes) is 1. The molecule has 0 bridgehead atoms. The predicted molar refractivity (Wildman–Crippen MR) is 106 cm³/mol. The van der Waals surface area contributed by atoms with Crippen LogP contribution in [0.5, 0.6) is 11.5 Å². The number of benzene rings is 1. The van der Waals surface area contributed by atoms with Crippen LogP contribution in [0.2, 0.25) is 0 Å². The van der Waals surface area contributed by atoms with Crippen molar-refractivity contribution in [3.63, 3.8) is 0 Å². The molecule has 2 aromatic rings. The fourth-order valence-electron chi connectivity index (χ4n) is 2.60. The minimum atomic E-state index is -0.380. The van der Waals surface area contributed by atoms with Crippen molar-refractivity contribution in [3.05, 3.63) is 58.1 Å². The molecule has 1 aromatic heterocycles. The van der Waals surface area contributed by atoms with E-state index in [1.807, 2.05) is 37.3 Å². The number of hydrogen-bond acceptors (Lipinski definition) is 5. The lowest BCUT2D eigenvalue weighted by atomic mass is 10.00. The topological polar surface area (TPSA) is 65.7 Å². The first kappa shape index (κ1) is 20.5. The molecule has 1 aromatic carbocycles. The first-order valence-corrected chi connectivity index (χ1v) is 9.24. The average Bonchev–Trinajstić information content (AvgIpc) is 2.69. The molecular weight excluding hydrogens is 344 g/mol. The molecule has 0 radical (unpaired) electrons. The van der Waals surface area contributed by atoms with Gasteiger partial charge in [-0.3, -0.25) is 9.59 Å². The van der Waals surface area contributed by atoms with Crippen molar-refractivity contribution in [2.24, 2.45) is 5.92 Å². The molecule has 1 heterocycles. The van der Waals surface area contributed by atoms with Crippen molar-refractivity contribution in [2.75, 3.05) is 7.11 Å². The summed E-state index contributed by atoms with van der Waals surface area (Å²) in [6.45, 7) is 4.02. The van der Waals surface area contributed by atoms with E-state index in [9.17, 15) is 9.59 Å². The van der Waals surface area contributed by atoms with E-state index < -0.39 is 0 Å². The summed E-state index contributed by atoms with van der Waals surface area (Å²) in [7, 11) is 1.61. The van der Waals surface area contributed by atoms with Crippen LogP contribution < -0.4 is 14.9 Å². The van der Waals surface area contributed by atoms with Crippen LogP contribution in [0, 0.1) is 5.92 Å². The van der Waals surface area contributed by atoms with Gasteiger partial charge in [0.1, 0.15) is 17.8 Å². The van der Waals surface area contributed by atoms with E-state index in [-0.39, 0.29) is 23.1 Å². The number of rotatable bonds is 9. The van der Waals surface area contributed by atoms with E-state index in [4.69, 9.17) is 13.9 Å². The van der Waals surface area contributed by atoms with Gasteiger partial charge in [-0.1, -0.05) is 44.9 Å². The van der Waals surface area contributed by atoms with Gasteiger partial charge < -0.3 is 13.9 Å². The zero-order chi connectivity index (χ0) is 19.6. The Morgan fingerprint density at radius 1 is 1.19 bits per heavy atom. The largest absolute Gasteiger partial charge is 0.497 e. The fraction of sp³-hybridized carbons (Fsp3) is 0.364. The standard InChI is InChI=1S/C22H26O5/c1-4-6-7-17(5-2)22(24)27-21-15-26-19(14-20(21)23)13-10-16-8-11-18(25-3)12-9-16/h8-15,17H,4-7H2,1-3H3/b13-10+. The van der Waals surface area contributed by atoms with Crippen LogP contribution >= 0.6 is 0 Å². The third kappa shape index (κ3) is 6.13. The number of carbonyl (C=O) groups excluding carboxylic acids is 1. The second-order valence-electron chi connectivity index (χ2n) is 6.29. The summed E-state index contributed by atoms with van der Waals surface area (Å²) in [6.07, 6.45) is 8.12. The molecule has 0 saturated heterocycles. The van der Waals surface area contributed by atoms with Crippen molar-refractivity contribution in [2.45, 2.75) is 39.5 Å². The zero-order valence-corrected chi connectivity index (χ0v) is 16.1. The SMILES string of the molecule is CCCCC(CC)C(=O)Oc1coc(/C=C/c2ccc(OC)cc2)cc1=O. The number of methoxy groups -OCH3 is 1. The Kier molecular flexibility index (Phi) is 7.86. The van der Waals surface area contributed by atoms with E-state index in [2.05, 4.69) is 6.92 Å². The van der Waals surface area contributed by atoms with Crippen molar-refractivity contribution in [3.8, 4) is 11.5 Å². The molecule has 0 amide bonds. The lowest BCUT2D eigenvalue weighted by Gasteiger charge is -2.12. The third-order valence-electron chi connectivity index (χ3n) is 4.32. The Balaban J connectivity index is 2.04. The van der Waals surface area contributed by atoms with E-state index in [0.717, 1.165) is 30.6 Å². The molecule has 5 heteroatoms. The van der Waals surface area contributed by atoms with E-state index in [1.165, 1.54) is 12.3 Å². The van der Waals surface area contributed by atoms with E-state index in [1.54, 1.807) is 13.2 Å². The van der Waals surface area contributed by atoms with Crippen molar-refractivity contribution >= 4 is 18.1 Å². The maximum Gasteiger partial charge on any atom is 0.314 e. The summed E-state index contributed by atoms with van der Waals surface area (Å²) in [5, 5.41) is 0. The van der Waals surface area contributed by atoms with Crippen LogP contribution in [0.3, 0.4) is 0 Å². The molecule has 0 aliphatic heterocycles. The highest BCUT2D eigenvalue weighted by Gasteiger charge is 2.19. The Labute approximate surface area is 159 Å². The van der Waals surface area contributed by atoms with Crippen LogP contribution in [0.4, 0.5) is 0 Å². The quantitative estimate of drug-likeness (QED) is 0.585. The van der Waals surface area contributed by atoms with Gasteiger partial charge in [-0.15, -0.1) is 0 Å². The predicted octanol–water partition coefficient (Wildman–Crippen LogP) is 4.94. The summed E-state index contributed by atoms with van der Waals surface area (Å²) < 4.78 is 15.8. The molecule has 1 atom stereocenters. The molecule has 27 heavy (non-hydrogen) atoms. The molecule has 1 unspecified atom stereocenters. The minimum Gasteiger partial charge on any atom is -0.497 e. The highest BCUT2D eigenvalue weighted by molar-refractivity contribution is 5.75. The molecular formula is C22H26O5. The van der Waals surface area contributed by atoms with Crippen molar-refractivity contribution in [1.82, 2.24) is 0 Å². The smallest absolute Gasteiger partial charge is 0.314 e. The Hall–Kier alpha value is -2.82. The molecule has 0 aliphatic rings. The third-order valence-corrected chi connectivity index (χ3v) is 4.32. The van der Waals surface area contributed by atoms with Crippen LogP contribution in [-0.4, -0.2) is 13.1 Å². The van der Waals surface area contributed by atoms with Crippen LogP contribution in [0.1, 0.15) is 50.9 Å². The number of ether oxygens (including phenoxy) is 2. The fourth-order valence-corrected chi connectivity index (χ4v) is 2.60. The van der Waals surface area contributed by atoms with Gasteiger partial charge >= 0.3 is 5.97 Å². The lowest BCUT2D eigenvalue weighted by molar-refractivity contribution is -0.139. The molecule has 0 spiro atoms. The monoisotopic (exact) mass is 370 g/mol. The Bertz CT molecular complexity index is 817. The van der Waals surface area contributed by atoms with Gasteiger partial charge in [-0.05, 0) is 36.6 Å². The van der Waals surface area contributed by atoms with Gasteiger partial charge in [0.2, 0.25) is 11.2 Å². The lowest BCUT2D eigenvalue weighted by Crippen LogP contribution is -2.22. The molecule has 0 N–H and O–H groups in total. The minimum absolute atomic E-state index is 0.0726. The van der Waals surface area contributed by atoms with E-state index >= 15 is 0 Å².